The number of hydrogen-bond acceptors (Lipinski definition) is 5. The number of methoxy groups -OCH3 is 2. The molecule has 0 aromatic heterocycles. The Morgan fingerprint density at radius 2 is 1.68 bits per heavy atom. The molecular weight excluding hydrogens is 284 g/mol. The highest BCUT2D eigenvalue weighted by Crippen LogP contribution is 2.42. The van der Waals surface area contributed by atoms with Crippen LogP contribution in [0.5, 0.6) is 28.7 Å². The van der Waals surface area contributed by atoms with Gasteiger partial charge in [-0.25, -0.2) is 0 Å². The van der Waals surface area contributed by atoms with E-state index in [0.29, 0.717) is 23.0 Å². The summed E-state index contributed by atoms with van der Waals surface area (Å²) in [6.45, 7) is 0.202. The van der Waals surface area contributed by atoms with Crippen LogP contribution in [0.15, 0.2) is 30.3 Å². The molecule has 1 N–H and O–H groups in total. The third-order valence-electron chi connectivity index (χ3n) is 3.35. The Kier molecular flexibility index (Phi) is 3.78. The minimum Gasteiger partial charge on any atom is -0.504 e. The first-order valence-electron chi connectivity index (χ1n) is 6.74. The van der Waals surface area contributed by atoms with Crippen LogP contribution in [0.3, 0.4) is 0 Å². The van der Waals surface area contributed by atoms with E-state index in [4.69, 9.17) is 18.9 Å². The molecule has 1 aliphatic heterocycles. The van der Waals surface area contributed by atoms with Gasteiger partial charge in [-0.15, -0.1) is 0 Å². The Labute approximate surface area is 128 Å². The molecule has 1 aliphatic rings. The van der Waals surface area contributed by atoms with Crippen LogP contribution in [0.4, 0.5) is 0 Å². The average molecular weight is 300 g/mol. The third kappa shape index (κ3) is 2.65. The second-order valence-electron chi connectivity index (χ2n) is 4.72. The molecule has 1 heterocycles. The summed E-state index contributed by atoms with van der Waals surface area (Å²) >= 11 is 0. The quantitative estimate of drug-likeness (QED) is 0.878. The Bertz CT molecular complexity index is 721. The molecule has 0 aliphatic carbocycles. The van der Waals surface area contributed by atoms with Crippen LogP contribution in [-0.4, -0.2) is 26.1 Å². The monoisotopic (exact) mass is 300 g/mol. The van der Waals surface area contributed by atoms with E-state index in [1.165, 1.54) is 7.11 Å². The summed E-state index contributed by atoms with van der Waals surface area (Å²) in [7, 11) is 3.11. The van der Waals surface area contributed by atoms with E-state index in [2.05, 4.69) is 0 Å². The van der Waals surface area contributed by atoms with Crippen LogP contribution in [0.25, 0.3) is 12.2 Å². The SMILES string of the molecule is COc1cc(/C=C/c2cc(OC)c3c(c2)OCO3)ccc1O. The van der Waals surface area contributed by atoms with Crippen molar-refractivity contribution in [3.63, 3.8) is 0 Å². The lowest BCUT2D eigenvalue weighted by atomic mass is 10.1. The number of phenols is 1. The molecule has 0 bridgehead atoms. The van der Waals surface area contributed by atoms with Gasteiger partial charge in [0.2, 0.25) is 12.5 Å². The van der Waals surface area contributed by atoms with Gasteiger partial charge in [-0.3, -0.25) is 0 Å². The number of benzene rings is 2. The predicted molar refractivity (Wildman–Crippen MR) is 82.7 cm³/mol. The Balaban J connectivity index is 1.90. The van der Waals surface area contributed by atoms with Crippen molar-refractivity contribution in [2.75, 3.05) is 21.0 Å². The minimum atomic E-state index is 0.115. The van der Waals surface area contributed by atoms with Gasteiger partial charge in [0, 0.05) is 0 Å². The Hall–Kier alpha value is -2.82. The van der Waals surface area contributed by atoms with Crippen molar-refractivity contribution in [1.29, 1.82) is 0 Å². The molecule has 0 spiro atoms. The molecule has 0 atom stereocenters. The molecule has 0 saturated carbocycles. The molecule has 0 saturated heterocycles. The zero-order valence-electron chi connectivity index (χ0n) is 12.3. The molecular formula is C17H16O5. The van der Waals surface area contributed by atoms with Crippen LogP contribution >= 0.6 is 0 Å². The molecule has 3 rings (SSSR count). The highest BCUT2D eigenvalue weighted by Gasteiger charge is 2.19. The fraction of sp³-hybridized carbons (Fsp3) is 0.176. The van der Waals surface area contributed by atoms with E-state index >= 15 is 0 Å². The number of fused-ring (bicyclic) bond motifs is 1. The topological polar surface area (TPSA) is 57.2 Å². The minimum absolute atomic E-state index is 0.115. The van der Waals surface area contributed by atoms with Crippen molar-refractivity contribution >= 4 is 12.2 Å². The highest BCUT2D eigenvalue weighted by molar-refractivity contribution is 5.73. The normalized spacial score (nSPS) is 12.6. The smallest absolute Gasteiger partial charge is 0.231 e. The summed E-state index contributed by atoms with van der Waals surface area (Å²) in [5.74, 6) is 2.49. The number of aromatic hydroxyl groups is 1. The summed E-state index contributed by atoms with van der Waals surface area (Å²) in [6, 6.07) is 8.92. The molecule has 0 radical (unpaired) electrons. The van der Waals surface area contributed by atoms with Crippen molar-refractivity contribution in [3.8, 4) is 28.7 Å². The number of phenolic OH excluding ortho intramolecular Hbond substituents is 1. The van der Waals surface area contributed by atoms with Gasteiger partial charge in [0.05, 0.1) is 14.2 Å². The molecule has 2 aromatic carbocycles. The molecule has 0 amide bonds. The fourth-order valence-corrected chi connectivity index (χ4v) is 2.24. The predicted octanol–water partition coefficient (Wildman–Crippen LogP) is 3.31. The third-order valence-corrected chi connectivity index (χ3v) is 3.35. The second-order valence-corrected chi connectivity index (χ2v) is 4.72. The Morgan fingerprint density at radius 1 is 0.955 bits per heavy atom. The number of rotatable bonds is 4. The van der Waals surface area contributed by atoms with Crippen LogP contribution in [0, 0.1) is 0 Å². The van der Waals surface area contributed by atoms with Crippen LogP contribution in [0.2, 0.25) is 0 Å². The van der Waals surface area contributed by atoms with E-state index in [0.717, 1.165) is 11.1 Å². The summed E-state index contributed by atoms with van der Waals surface area (Å²) in [6.07, 6.45) is 3.84. The van der Waals surface area contributed by atoms with Crippen molar-refractivity contribution in [2.45, 2.75) is 0 Å². The average Bonchev–Trinajstić information content (AvgIpc) is 3.01. The van der Waals surface area contributed by atoms with Crippen molar-refractivity contribution in [3.05, 3.63) is 41.5 Å². The molecule has 0 unspecified atom stereocenters. The largest absolute Gasteiger partial charge is 0.504 e. The summed E-state index contributed by atoms with van der Waals surface area (Å²) in [4.78, 5) is 0. The van der Waals surface area contributed by atoms with Crippen LogP contribution < -0.4 is 18.9 Å². The molecule has 2 aromatic rings. The summed E-state index contributed by atoms with van der Waals surface area (Å²) in [5.41, 5.74) is 1.83. The van der Waals surface area contributed by atoms with Gasteiger partial charge in [0.1, 0.15) is 0 Å². The summed E-state index contributed by atoms with van der Waals surface area (Å²) in [5, 5.41) is 9.60. The van der Waals surface area contributed by atoms with E-state index in [9.17, 15) is 5.11 Å². The van der Waals surface area contributed by atoms with E-state index in [1.54, 1.807) is 25.3 Å². The summed E-state index contributed by atoms with van der Waals surface area (Å²) < 4.78 is 21.2. The van der Waals surface area contributed by atoms with Gasteiger partial charge in [-0.05, 0) is 35.4 Å². The molecule has 22 heavy (non-hydrogen) atoms. The van der Waals surface area contributed by atoms with Gasteiger partial charge in [-0.2, -0.15) is 0 Å². The lowest BCUT2D eigenvalue weighted by Gasteiger charge is -2.06. The van der Waals surface area contributed by atoms with Crippen molar-refractivity contribution < 1.29 is 24.1 Å². The van der Waals surface area contributed by atoms with Gasteiger partial charge < -0.3 is 24.1 Å². The molecule has 5 nitrogen and oxygen atoms in total. The van der Waals surface area contributed by atoms with Gasteiger partial charge in [-0.1, -0.05) is 18.2 Å². The Morgan fingerprint density at radius 3 is 2.45 bits per heavy atom. The maximum atomic E-state index is 9.60. The van der Waals surface area contributed by atoms with Gasteiger partial charge in [0.15, 0.2) is 23.0 Å². The van der Waals surface area contributed by atoms with Crippen molar-refractivity contribution in [1.82, 2.24) is 0 Å². The first-order valence-corrected chi connectivity index (χ1v) is 6.74. The van der Waals surface area contributed by atoms with Crippen LogP contribution in [0.1, 0.15) is 11.1 Å². The zero-order chi connectivity index (χ0) is 15.5. The maximum Gasteiger partial charge on any atom is 0.231 e. The number of hydrogen-bond donors (Lipinski definition) is 1. The lowest BCUT2D eigenvalue weighted by molar-refractivity contribution is 0.171. The molecule has 114 valence electrons. The van der Waals surface area contributed by atoms with E-state index in [-0.39, 0.29) is 12.5 Å². The molecule has 0 fully saturated rings. The van der Waals surface area contributed by atoms with Crippen molar-refractivity contribution in [2.24, 2.45) is 0 Å². The van der Waals surface area contributed by atoms with E-state index < -0.39 is 0 Å². The second kappa shape index (κ2) is 5.89. The molecule has 5 heteroatoms. The first-order chi connectivity index (χ1) is 10.7. The number of ether oxygens (including phenoxy) is 4. The zero-order valence-corrected chi connectivity index (χ0v) is 12.3. The first kappa shape index (κ1) is 14.1. The highest BCUT2D eigenvalue weighted by atomic mass is 16.7. The van der Waals surface area contributed by atoms with Gasteiger partial charge in [0.25, 0.3) is 0 Å². The van der Waals surface area contributed by atoms with E-state index in [1.807, 2.05) is 24.3 Å². The lowest BCUT2D eigenvalue weighted by Crippen LogP contribution is -1.93. The fourth-order valence-electron chi connectivity index (χ4n) is 2.24. The standard InChI is InChI=1S/C17H16O5/c1-19-14-7-11(5-6-13(14)18)3-4-12-8-15(20-2)17-16(9-12)21-10-22-17/h3-9,18H,10H2,1-2H3/b4-3+. The van der Waals surface area contributed by atoms with Crippen LogP contribution in [-0.2, 0) is 0 Å². The maximum absolute atomic E-state index is 9.60. The van der Waals surface area contributed by atoms with Gasteiger partial charge >= 0.3 is 0 Å².